The largest absolute Gasteiger partial charge is 0.463 e. The van der Waals surface area contributed by atoms with Crippen LogP contribution in [0.4, 0.5) is 0 Å². The minimum Gasteiger partial charge on any atom is -0.463 e. The lowest BCUT2D eigenvalue weighted by molar-refractivity contribution is -0.139. The van der Waals surface area contributed by atoms with Gasteiger partial charge in [0.1, 0.15) is 0 Å². The summed E-state index contributed by atoms with van der Waals surface area (Å²) in [5.41, 5.74) is 1.90. The summed E-state index contributed by atoms with van der Waals surface area (Å²) >= 11 is 1.56. The van der Waals surface area contributed by atoms with Crippen LogP contribution < -0.4 is 0 Å². The monoisotopic (exact) mass is 374 g/mol. The number of allylic oxidation sites excluding steroid dienone is 1. The summed E-state index contributed by atoms with van der Waals surface area (Å²) in [6.07, 6.45) is 2.12. The highest BCUT2D eigenvalue weighted by molar-refractivity contribution is 8.13. The van der Waals surface area contributed by atoms with Crippen LogP contribution in [0.5, 0.6) is 0 Å². The Kier molecular flexibility index (Phi) is 7.45. The second kappa shape index (κ2) is 9.57. The standard InChI is InChI=1S/C20H26N2O3S/c1-5-7-13-26-20-21-14(3)17(19(24)25-6-2)18(22(20)15(4)23)16-11-9-8-10-12-16/h8-12,18H,5-7,13H2,1-4H3. The second-order valence-corrected chi connectivity index (χ2v) is 7.08. The SMILES string of the molecule is CCCCSC1=NC(C)=C(C(=O)OCC)C(c2ccccc2)N1C(C)=O. The van der Waals surface area contributed by atoms with E-state index in [1.54, 1.807) is 30.5 Å². The molecule has 0 bridgehead atoms. The number of hydrogen-bond donors (Lipinski definition) is 0. The van der Waals surface area contributed by atoms with E-state index in [1.807, 2.05) is 30.3 Å². The van der Waals surface area contributed by atoms with Crippen LogP contribution in [0.25, 0.3) is 0 Å². The summed E-state index contributed by atoms with van der Waals surface area (Å²) in [5, 5.41) is 0.644. The number of rotatable bonds is 6. The van der Waals surface area contributed by atoms with Gasteiger partial charge in [0.2, 0.25) is 5.91 Å². The number of hydrogen-bond acceptors (Lipinski definition) is 5. The van der Waals surface area contributed by atoms with Gasteiger partial charge in [-0.2, -0.15) is 0 Å². The second-order valence-electron chi connectivity index (χ2n) is 6.02. The van der Waals surface area contributed by atoms with Crippen LogP contribution in [0.15, 0.2) is 46.6 Å². The summed E-state index contributed by atoms with van der Waals surface area (Å²) in [6.45, 7) is 7.49. The molecule has 0 N–H and O–H groups in total. The van der Waals surface area contributed by atoms with Crippen LogP contribution >= 0.6 is 11.8 Å². The zero-order valence-electron chi connectivity index (χ0n) is 15.8. The number of esters is 1. The fourth-order valence-corrected chi connectivity index (χ4v) is 4.03. The predicted octanol–water partition coefficient (Wildman–Crippen LogP) is 4.32. The molecule has 1 unspecified atom stereocenters. The maximum Gasteiger partial charge on any atom is 0.338 e. The van der Waals surface area contributed by atoms with E-state index < -0.39 is 12.0 Å². The molecule has 1 aliphatic rings. The molecule has 0 aliphatic carbocycles. The number of unbranched alkanes of at least 4 members (excludes halogenated alkanes) is 1. The topological polar surface area (TPSA) is 59.0 Å². The summed E-state index contributed by atoms with van der Waals surface area (Å²) in [7, 11) is 0. The Morgan fingerprint density at radius 2 is 1.92 bits per heavy atom. The summed E-state index contributed by atoms with van der Waals surface area (Å²) in [4.78, 5) is 31.3. The average molecular weight is 375 g/mol. The molecule has 0 saturated carbocycles. The number of amidine groups is 1. The van der Waals surface area contributed by atoms with Crippen LogP contribution in [-0.2, 0) is 14.3 Å². The van der Waals surface area contributed by atoms with Crippen molar-refractivity contribution >= 4 is 28.8 Å². The fraction of sp³-hybridized carbons (Fsp3) is 0.450. The molecular weight excluding hydrogens is 348 g/mol. The molecule has 1 heterocycles. The van der Waals surface area contributed by atoms with Gasteiger partial charge in [-0.1, -0.05) is 55.4 Å². The number of benzene rings is 1. The molecule has 0 fully saturated rings. The molecule has 0 radical (unpaired) electrons. The number of aliphatic imine (C=N–C) groups is 1. The van der Waals surface area contributed by atoms with Crippen LogP contribution in [0.3, 0.4) is 0 Å². The van der Waals surface area contributed by atoms with Gasteiger partial charge in [0.15, 0.2) is 5.17 Å². The lowest BCUT2D eigenvalue weighted by Gasteiger charge is -2.36. The van der Waals surface area contributed by atoms with Crippen LogP contribution in [0.1, 0.15) is 52.1 Å². The number of thioether (sulfide) groups is 1. The smallest absolute Gasteiger partial charge is 0.338 e. The summed E-state index contributed by atoms with van der Waals surface area (Å²) in [5.74, 6) is 0.310. The van der Waals surface area contributed by atoms with Crippen molar-refractivity contribution in [1.82, 2.24) is 4.90 Å². The minimum atomic E-state index is -0.519. The first-order valence-corrected chi connectivity index (χ1v) is 9.93. The van der Waals surface area contributed by atoms with Gasteiger partial charge >= 0.3 is 5.97 Å². The molecule has 0 saturated heterocycles. The number of carbonyl (C=O) groups is 2. The molecule has 0 spiro atoms. The van der Waals surface area contributed by atoms with Gasteiger partial charge in [-0.25, -0.2) is 9.79 Å². The van der Waals surface area contributed by atoms with Crippen molar-refractivity contribution < 1.29 is 14.3 Å². The lowest BCUT2D eigenvalue weighted by Crippen LogP contribution is -2.42. The van der Waals surface area contributed by atoms with Crippen LogP contribution in [0.2, 0.25) is 0 Å². The maximum atomic E-state index is 12.6. The summed E-state index contributed by atoms with van der Waals surface area (Å²) in [6, 6.07) is 9.05. The van der Waals surface area contributed by atoms with E-state index in [0.29, 0.717) is 16.4 Å². The molecule has 5 nitrogen and oxygen atoms in total. The van der Waals surface area contributed by atoms with Gasteiger partial charge in [0.25, 0.3) is 0 Å². The number of amides is 1. The zero-order valence-corrected chi connectivity index (χ0v) is 16.6. The molecule has 140 valence electrons. The van der Waals surface area contributed by atoms with Gasteiger partial charge in [-0.15, -0.1) is 0 Å². The molecule has 1 aromatic rings. The number of nitrogens with zero attached hydrogens (tertiary/aromatic N) is 2. The van der Waals surface area contributed by atoms with E-state index in [-0.39, 0.29) is 12.5 Å². The minimum absolute atomic E-state index is 0.143. The molecule has 2 rings (SSSR count). The van der Waals surface area contributed by atoms with Crippen molar-refractivity contribution in [2.24, 2.45) is 4.99 Å². The van der Waals surface area contributed by atoms with Crippen molar-refractivity contribution in [3.8, 4) is 0 Å². The van der Waals surface area contributed by atoms with Crippen molar-refractivity contribution in [2.45, 2.75) is 46.6 Å². The maximum absolute atomic E-state index is 12.6. The third-order valence-corrected chi connectivity index (χ3v) is 5.11. The van der Waals surface area contributed by atoms with E-state index >= 15 is 0 Å². The first-order valence-electron chi connectivity index (χ1n) is 8.95. The Bertz CT molecular complexity index is 713. The van der Waals surface area contributed by atoms with Crippen LogP contribution in [0, 0.1) is 0 Å². The van der Waals surface area contributed by atoms with Crippen molar-refractivity contribution in [2.75, 3.05) is 12.4 Å². The van der Waals surface area contributed by atoms with E-state index in [9.17, 15) is 9.59 Å². The molecule has 6 heteroatoms. The third kappa shape index (κ3) is 4.55. The van der Waals surface area contributed by atoms with E-state index in [2.05, 4.69) is 11.9 Å². The highest BCUT2D eigenvalue weighted by Gasteiger charge is 2.38. The first kappa shape index (κ1) is 20.2. The van der Waals surface area contributed by atoms with E-state index in [4.69, 9.17) is 4.74 Å². The quantitative estimate of drug-likeness (QED) is 0.550. The van der Waals surface area contributed by atoms with Crippen LogP contribution in [-0.4, -0.2) is 34.3 Å². The van der Waals surface area contributed by atoms with Gasteiger partial charge < -0.3 is 4.74 Å². The van der Waals surface area contributed by atoms with Crippen molar-refractivity contribution in [1.29, 1.82) is 0 Å². The molecule has 1 aromatic carbocycles. The highest BCUT2D eigenvalue weighted by atomic mass is 32.2. The van der Waals surface area contributed by atoms with E-state index in [1.165, 1.54) is 6.92 Å². The van der Waals surface area contributed by atoms with Gasteiger partial charge in [0, 0.05) is 12.7 Å². The Morgan fingerprint density at radius 1 is 1.23 bits per heavy atom. The molecule has 26 heavy (non-hydrogen) atoms. The predicted molar refractivity (Wildman–Crippen MR) is 106 cm³/mol. The van der Waals surface area contributed by atoms with Crippen molar-refractivity contribution in [3.05, 3.63) is 47.2 Å². The Hall–Kier alpha value is -2.08. The molecule has 1 aliphatic heterocycles. The van der Waals surface area contributed by atoms with Crippen molar-refractivity contribution in [3.63, 3.8) is 0 Å². The zero-order chi connectivity index (χ0) is 19.1. The van der Waals surface area contributed by atoms with Gasteiger partial charge in [0.05, 0.1) is 23.9 Å². The van der Waals surface area contributed by atoms with Gasteiger partial charge in [-0.3, -0.25) is 9.69 Å². The van der Waals surface area contributed by atoms with Gasteiger partial charge in [-0.05, 0) is 25.8 Å². The third-order valence-electron chi connectivity index (χ3n) is 4.07. The average Bonchev–Trinajstić information content (AvgIpc) is 2.62. The highest BCUT2D eigenvalue weighted by Crippen LogP contribution is 2.38. The Morgan fingerprint density at radius 3 is 2.50 bits per heavy atom. The summed E-state index contributed by atoms with van der Waals surface area (Å²) < 4.78 is 5.25. The number of ether oxygens (including phenoxy) is 1. The molecular formula is C20H26N2O3S. The fourth-order valence-electron chi connectivity index (χ4n) is 2.84. The molecule has 1 atom stereocenters. The molecule has 0 aromatic heterocycles. The number of carbonyl (C=O) groups excluding carboxylic acids is 2. The lowest BCUT2D eigenvalue weighted by atomic mass is 9.94. The molecule has 1 amide bonds. The van der Waals surface area contributed by atoms with E-state index in [0.717, 1.165) is 24.2 Å². The first-order chi connectivity index (χ1) is 12.5. The normalized spacial score (nSPS) is 17.2. The Labute approximate surface area is 159 Å². The Balaban J connectivity index is 2.54.